The Kier molecular flexibility index (Phi) is 1.90. The Morgan fingerprint density at radius 3 is 2.75 bits per heavy atom. The van der Waals surface area contributed by atoms with Crippen molar-refractivity contribution in [1.29, 1.82) is 0 Å². The highest BCUT2D eigenvalue weighted by molar-refractivity contribution is 4.98. The van der Waals surface area contributed by atoms with Crippen molar-refractivity contribution in [3.05, 3.63) is 0 Å². The first-order chi connectivity index (χ1) is 5.63. The van der Waals surface area contributed by atoms with Crippen LogP contribution in [0.2, 0.25) is 0 Å². The van der Waals surface area contributed by atoms with E-state index in [1.54, 1.807) is 0 Å². The van der Waals surface area contributed by atoms with E-state index in [0.717, 1.165) is 12.8 Å². The van der Waals surface area contributed by atoms with Crippen LogP contribution in [-0.2, 0) is 4.74 Å². The fourth-order valence-electron chi connectivity index (χ4n) is 2.44. The first kappa shape index (κ1) is 8.48. The summed E-state index contributed by atoms with van der Waals surface area (Å²) in [6, 6.07) is 0. The summed E-state index contributed by atoms with van der Waals surface area (Å²) < 4.78 is 5.66. The predicted molar refractivity (Wildman–Crippen MR) is 45.7 cm³/mol. The normalized spacial score (nSPS) is 44.8. The van der Waals surface area contributed by atoms with Gasteiger partial charge in [0.2, 0.25) is 0 Å². The Hall–Kier alpha value is -0.120. The molecule has 2 aliphatic rings. The van der Waals surface area contributed by atoms with Crippen LogP contribution in [0.15, 0.2) is 0 Å². The molecule has 2 fully saturated rings. The highest BCUT2D eigenvalue weighted by Crippen LogP contribution is 2.43. The van der Waals surface area contributed by atoms with Gasteiger partial charge in [-0.3, -0.25) is 0 Å². The average Bonchev–Trinajstić information content (AvgIpc) is 2.64. The Morgan fingerprint density at radius 1 is 1.58 bits per heavy atom. The van der Waals surface area contributed by atoms with Gasteiger partial charge in [0.1, 0.15) is 0 Å². The third kappa shape index (κ3) is 1.16. The Labute approximate surface area is 72.9 Å². The van der Waals surface area contributed by atoms with Crippen molar-refractivity contribution >= 4 is 0 Å². The van der Waals surface area contributed by atoms with Crippen molar-refractivity contribution in [2.24, 2.45) is 11.7 Å². The molecule has 2 heterocycles. The second-order valence-electron chi connectivity index (χ2n) is 4.28. The molecule has 4 atom stereocenters. The van der Waals surface area contributed by atoms with Crippen LogP contribution < -0.4 is 5.73 Å². The van der Waals surface area contributed by atoms with Gasteiger partial charge in [0.15, 0.2) is 0 Å². The number of aliphatic hydroxyl groups is 1. The van der Waals surface area contributed by atoms with E-state index in [1.165, 1.54) is 6.42 Å². The summed E-state index contributed by atoms with van der Waals surface area (Å²) in [5, 5.41) is 9.94. The first-order valence-electron chi connectivity index (χ1n) is 4.71. The lowest BCUT2D eigenvalue weighted by molar-refractivity contribution is -0.0245. The molecule has 0 aromatic carbocycles. The molecule has 3 N–H and O–H groups in total. The first-order valence-corrected chi connectivity index (χ1v) is 4.71. The Morgan fingerprint density at radius 2 is 2.33 bits per heavy atom. The molecule has 0 amide bonds. The number of rotatable bonds is 2. The van der Waals surface area contributed by atoms with Gasteiger partial charge in [-0.2, -0.15) is 0 Å². The van der Waals surface area contributed by atoms with Gasteiger partial charge < -0.3 is 15.6 Å². The summed E-state index contributed by atoms with van der Waals surface area (Å²) in [5.74, 6) is 0.265. The van der Waals surface area contributed by atoms with E-state index >= 15 is 0 Å². The topological polar surface area (TPSA) is 55.5 Å². The van der Waals surface area contributed by atoms with Gasteiger partial charge in [-0.05, 0) is 26.2 Å². The number of ether oxygens (including phenoxy) is 1. The van der Waals surface area contributed by atoms with E-state index in [0.29, 0.717) is 12.6 Å². The lowest BCUT2D eigenvalue weighted by atomic mass is 9.78. The van der Waals surface area contributed by atoms with E-state index in [-0.39, 0.29) is 12.0 Å². The standard InChI is InChI=1S/C9H17NO2/c1-9(11,5-10)7-4-6-2-3-8(7)12-6/h6-8,11H,2-5,10H2,1H3. The van der Waals surface area contributed by atoms with Gasteiger partial charge in [-0.15, -0.1) is 0 Å². The molecule has 0 aromatic heterocycles. The smallest absolute Gasteiger partial charge is 0.0795 e. The average molecular weight is 171 g/mol. The quantitative estimate of drug-likeness (QED) is 0.626. The lowest BCUT2D eigenvalue weighted by Gasteiger charge is -2.32. The SMILES string of the molecule is CC(O)(CN)C1CC2CCC1O2. The van der Waals surface area contributed by atoms with Gasteiger partial charge in [0.25, 0.3) is 0 Å². The molecular formula is C9H17NO2. The zero-order chi connectivity index (χ0) is 8.77. The lowest BCUT2D eigenvalue weighted by Crippen LogP contribution is -2.46. The van der Waals surface area contributed by atoms with Crippen LogP contribution in [0.3, 0.4) is 0 Å². The van der Waals surface area contributed by atoms with Crippen molar-refractivity contribution < 1.29 is 9.84 Å². The summed E-state index contributed by atoms with van der Waals surface area (Å²) in [4.78, 5) is 0. The highest BCUT2D eigenvalue weighted by atomic mass is 16.5. The van der Waals surface area contributed by atoms with Crippen LogP contribution in [0.25, 0.3) is 0 Å². The van der Waals surface area contributed by atoms with Crippen LogP contribution in [0, 0.1) is 5.92 Å². The largest absolute Gasteiger partial charge is 0.388 e. The molecule has 2 bridgehead atoms. The minimum absolute atomic E-state index is 0.265. The molecule has 0 aromatic rings. The van der Waals surface area contributed by atoms with Gasteiger partial charge >= 0.3 is 0 Å². The van der Waals surface area contributed by atoms with E-state index in [2.05, 4.69) is 0 Å². The maximum atomic E-state index is 9.94. The second kappa shape index (κ2) is 2.69. The molecule has 2 rings (SSSR count). The van der Waals surface area contributed by atoms with E-state index in [1.807, 2.05) is 6.92 Å². The summed E-state index contributed by atoms with van der Waals surface area (Å²) in [6.07, 6.45) is 3.94. The molecule has 12 heavy (non-hydrogen) atoms. The number of fused-ring (bicyclic) bond motifs is 2. The minimum Gasteiger partial charge on any atom is -0.388 e. The zero-order valence-electron chi connectivity index (χ0n) is 7.49. The fourth-order valence-corrected chi connectivity index (χ4v) is 2.44. The summed E-state index contributed by atoms with van der Waals surface area (Å²) in [5.41, 5.74) is 4.79. The molecular weight excluding hydrogens is 154 g/mol. The molecule has 0 aliphatic carbocycles. The zero-order valence-corrected chi connectivity index (χ0v) is 7.49. The van der Waals surface area contributed by atoms with Crippen molar-refractivity contribution in [3.63, 3.8) is 0 Å². The Bertz CT molecular complexity index is 181. The van der Waals surface area contributed by atoms with Crippen molar-refractivity contribution in [2.45, 2.75) is 44.0 Å². The number of hydrogen-bond donors (Lipinski definition) is 2. The summed E-state index contributed by atoms with van der Waals surface area (Å²) in [6.45, 7) is 2.16. The van der Waals surface area contributed by atoms with Crippen molar-refractivity contribution in [1.82, 2.24) is 0 Å². The van der Waals surface area contributed by atoms with Crippen LogP contribution in [-0.4, -0.2) is 29.5 Å². The van der Waals surface area contributed by atoms with E-state index in [4.69, 9.17) is 10.5 Å². The van der Waals surface area contributed by atoms with Crippen LogP contribution >= 0.6 is 0 Å². The van der Waals surface area contributed by atoms with E-state index in [9.17, 15) is 5.11 Å². The fraction of sp³-hybridized carbons (Fsp3) is 1.00. The van der Waals surface area contributed by atoms with Crippen LogP contribution in [0.4, 0.5) is 0 Å². The molecule has 2 aliphatic heterocycles. The number of hydrogen-bond acceptors (Lipinski definition) is 3. The minimum atomic E-state index is -0.722. The summed E-state index contributed by atoms with van der Waals surface area (Å²) >= 11 is 0. The number of nitrogens with two attached hydrogens (primary N) is 1. The molecule has 4 unspecified atom stereocenters. The van der Waals surface area contributed by atoms with Crippen LogP contribution in [0.1, 0.15) is 26.2 Å². The van der Waals surface area contributed by atoms with Gasteiger partial charge in [0, 0.05) is 12.5 Å². The van der Waals surface area contributed by atoms with Crippen molar-refractivity contribution in [3.8, 4) is 0 Å². The third-order valence-corrected chi connectivity index (χ3v) is 3.32. The highest BCUT2D eigenvalue weighted by Gasteiger charge is 2.48. The van der Waals surface area contributed by atoms with Gasteiger partial charge in [-0.25, -0.2) is 0 Å². The maximum Gasteiger partial charge on any atom is 0.0795 e. The Balaban J connectivity index is 2.06. The van der Waals surface area contributed by atoms with E-state index < -0.39 is 5.60 Å². The molecule has 0 spiro atoms. The summed E-state index contributed by atoms with van der Waals surface area (Å²) in [7, 11) is 0. The maximum absolute atomic E-state index is 9.94. The molecule has 0 saturated carbocycles. The van der Waals surface area contributed by atoms with Gasteiger partial charge in [-0.1, -0.05) is 0 Å². The molecule has 2 saturated heterocycles. The van der Waals surface area contributed by atoms with Crippen molar-refractivity contribution in [2.75, 3.05) is 6.54 Å². The molecule has 0 radical (unpaired) electrons. The predicted octanol–water partition coefficient (Wildman–Crippen LogP) is 0.264. The van der Waals surface area contributed by atoms with Gasteiger partial charge in [0.05, 0.1) is 17.8 Å². The monoisotopic (exact) mass is 171 g/mol. The second-order valence-corrected chi connectivity index (χ2v) is 4.28. The molecule has 3 nitrogen and oxygen atoms in total. The molecule has 3 heteroatoms. The molecule has 70 valence electrons. The third-order valence-electron chi connectivity index (χ3n) is 3.32. The van der Waals surface area contributed by atoms with Crippen LogP contribution in [0.5, 0.6) is 0 Å².